The molecule has 2 aromatic rings. The van der Waals surface area contributed by atoms with Crippen LogP contribution < -0.4 is 10.2 Å². The van der Waals surface area contributed by atoms with Crippen molar-refractivity contribution in [1.29, 1.82) is 0 Å². The lowest BCUT2D eigenvalue weighted by atomic mass is 10.0. The number of ether oxygens (including phenoxy) is 1. The summed E-state index contributed by atoms with van der Waals surface area (Å²) in [7, 11) is -2.26. The first-order valence-electron chi connectivity index (χ1n) is 14.2. The maximum atomic E-state index is 14.0. The van der Waals surface area contributed by atoms with E-state index in [1.165, 1.54) is 11.1 Å². The van der Waals surface area contributed by atoms with Crippen molar-refractivity contribution >= 4 is 44.1 Å². The Labute approximate surface area is 241 Å². The zero-order valence-corrected chi connectivity index (χ0v) is 25.1. The highest BCUT2D eigenvalue weighted by Gasteiger charge is 2.54. The predicted octanol–water partition coefficient (Wildman–Crippen LogP) is 3.26. The number of carbonyl (C=O) groups is 2. The van der Waals surface area contributed by atoms with Crippen LogP contribution in [0.25, 0.3) is 10.9 Å². The van der Waals surface area contributed by atoms with E-state index in [4.69, 9.17) is 4.74 Å². The smallest absolute Gasteiger partial charge is 0.258 e. The second-order valence-electron chi connectivity index (χ2n) is 11.2. The summed E-state index contributed by atoms with van der Waals surface area (Å²) in [5.41, 5.74) is 2.91. The van der Waals surface area contributed by atoms with E-state index in [2.05, 4.69) is 33.6 Å². The number of allylic oxidation sites excluding steroid dienone is 2. The molecule has 1 saturated heterocycles. The first-order chi connectivity index (χ1) is 19.5. The van der Waals surface area contributed by atoms with E-state index in [-0.39, 0.29) is 18.4 Å². The number of methoxy groups -OCH3 is 1. The Morgan fingerprint density at radius 1 is 1.22 bits per heavy atom. The van der Waals surface area contributed by atoms with Gasteiger partial charge in [0.05, 0.1) is 22.9 Å². The van der Waals surface area contributed by atoms with Gasteiger partial charge >= 0.3 is 0 Å². The third-order valence-electron chi connectivity index (χ3n) is 8.59. The molecule has 3 aliphatic rings. The average molecular weight is 582 g/mol. The van der Waals surface area contributed by atoms with Crippen molar-refractivity contribution in [3.63, 3.8) is 0 Å². The number of nitrogens with one attached hydrogen (secondary N) is 1. The molecule has 1 atom stereocenters. The number of aryl methyl sites for hydroxylation is 1. The molecule has 220 valence electrons. The monoisotopic (exact) mass is 581 g/mol. The van der Waals surface area contributed by atoms with Gasteiger partial charge < -0.3 is 19.9 Å². The van der Waals surface area contributed by atoms with Gasteiger partial charge in [0, 0.05) is 55.7 Å². The van der Waals surface area contributed by atoms with Crippen LogP contribution in [0.1, 0.15) is 49.0 Å². The van der Waals surface area contributed by atoms with Crippen LogP contribution in [0.5, 0.6) is 0 Å². The molecule has 1 aliphatic carbocycles. The second-order valence-corrected chi connectivity index (χ2v) is 13.4. The van der Waals surface area contributed by atoms with E-state index < -0.39 is 20.7 Å². The number of fused-ring (bicyclic) bond motifs is 1. The summed E-state index contributed by atoms with van der Waals surface area (Å²) in [5, 5.41) is 3.49. The van der Waals surface area contributed by atoms with E-state index in [0.717, 1.165) is 38.4 Å². The topological polar surface area (TPSA) is 113 Å². The van der Waals surface area contributed by atoms with Gasteiger partial charge in [0.2, 0.25) is 10.0 Å². The molecule has 2 aliphatic heterocycles. The molecular weight excluding hydrogens is 542 g/mol. The molecule has 0 spiro atoms. The summed E-state index contributed by atoms with van der Waals surface area (Å²) in [6.45, 7) is 13.7. The molecule has 1 unspecified atom stereocenters. The van der Waals surface area contributed by atoms with Crippen LogP contribution in [0.15, 0.2) is 47.8 Å². The van der Waals surface area contributed by atoms with E-state index in [1.807, 2.05) is 19.1 Å². The number of anilines is 1. The maximum Gasteiger partial charge on any atom is 0.258 e. The normalized spacial score (nSPS) is 20.9. The van der Waals surface area contributed by atoms with E-state index in [0.29, 0.717) is 52.8 Å². The number of rotatable bonds is 10. The number of benzene rings is 1. The third-order valence-corrected chi connectivity index (χ3v) is 11.1. The molecule has 3 heterocycles. The molecule has 1 N–H and O–H groups in total. The van der Waals surface area contributed by atoms with Crippen molar-refractivity contribution < 1.29 is 22.7 Å². The van der Waals surface area contributed by atoms with E-state index in [1.54, 1.807) is 25.3 Å². The number of piperazine rings is 1. The van der Waals surface area contributed by atoms with Gasteiger partial charge in [0.1, 0.15) is 11.7 Å². The van der Waals surface area contributed by atoms with E-state index in [9.17, 15) is 18.0 Å². The first-order valence-corrected chi connectivity index (χ1v) is 15.6. The third kappa shape index (κ3) is 5.21. The molecule has 10 nitrogen and oxygen atoms in total. The largest absolute Gasteiger partial charge is 0.500 e. The fourth-order valence-electron chi connectivity index (χ4n) is 5.96. The van der Waals surface area contributed by atoms with Crippen LogP contribution in [-0.4, -0.2) is 85.9 Å². The Kier molecular flexibility index (Phi) is 7.86. The standard InChI is InChI=1S/C30H39N5O5S/c1-6-8-30(9-10-30)41(38,39)35-19-20(3)27-23(16-22(17-25(27)35)34-13-11-33(7-2)12-14-34)28(36)31-18-24-26(40-5)15-21(4)32-29(24)37/h6,15-17,19,24H,1,7-14,18H2,2-5H3,(H,31,36). The minimum absolute atomic E-state index is 0.00944. The van der Waals surface area contributed by atoms with Gasteiger partial charge in [-0.25, -0.2) is 17.4 Å². The Morgan fingerprint density at radius 2 is 1.93 bits per heavy atom. The summed E-state index contributed by atoms with van der Waals surface area (Å²) < 4.78 is 33.9. The number of dihydropyridines is 1. The second kappa shape index (κ2) is 11.1. The van der Waals surface area contributed by atoms with Crippen molar-refractivity contribution in [2.75, 3.05) is 51.3 Å². The van der Waals surface area contributed by atoms with Crippen LogP contribution >= 0.6 is 0 Å². The molecule has 1 saturated carbocycles. The molecule has 0 radical (unpaired) electrons. The highest BCUT2D eigenvalue weighted by atomic mass is 32.2. The predicted molar refractivity (Wildman–Crippen MR) is 161 cm³/mol. The molecule has 1 aromatic carbocycles. The van der Waals surface area contributed by atoms with Crippen molar-refractivity contribution in [2.24, 2.45) is 10.9 Å². The number of hydrogen-bond acceptors (Lipinski definition) is 7. The highest BCUT2D eigenvalue weighted by Crippen LogP contribution is 2.49. The summed E-state index contributed by atoms with van der Waals surface area (Å²) in [4.78, 5) is 35.0. The van der Waals surface area contributed by atoms with Gasteiger partial charge in [0.25, 0.3) is 11.8 Å². The number of amides is 2. The molecule has 0 bridgehead atoms. The number of aliphatic imine (C=N–C) groups is 1. The highest BCUT2D eigenvalue weighted by molar-refractivity contribution is 7.91. The molecule has 41 heavy (non-hydrogen) atoms. The van der Waals surface area contributed by atoms with E-state index >= 15 is 0 Å². The molecular formula is C30H39N5O5S. The van der Waals surface area contributed by atoms with Crippen LogP contribution in [0, 0.1) is 12.8 Å². The van der Waals surface area contributed by atoms with Crippen LogP contribution in [0.4, 0.5) is 5.69 Å². The number of hydrogen-bond donors (Lipinski definition) is 1. The minimum Gasteiger partial charge on any atom is -0.500 e. The lowest BCUT2D eigenvalue weighted by Crippen LogP contribution is -2.46. The number of aromatic nitrogens is 1. The van der Waals surface area contributed by atoms with Crippen LogP contribution in [-0.2, 0) is 19.6 Å². The summed E-state index contributed by atoms with van der Waals surface area (Å²) >= 11 is 0. The fraction of sp³-hybridized carbons (Fsp3) is 0.500. The molecule has 2 amide bonds. The molecule has 11 heteroatoms. The number of likely N-dealkylation sites (N-methyl/N-ethyl adjacent to an activating group) is 1. The summed E-state index contributed by atoms with van der Waals surface area (Å²) in [6, 6.07) is 3.74. The Hall–Kier alpha value is -3.44. The maximum absolute atomic E-state index is 14.0. The zero-order valence-electron chi connectivity index (χ0n) is 24.3. The molecule has 2 fully saturated rings. The number of nitrogens with zero attached hydrogens (tertiary/aromatic N) is 4. The lowest BCUT2D eigenvalue weighted by molar-refractivity contribution is -0.121. The zero-order chi connectivity index (χ0) is 29.5. The SMILES string of the molecule is C=CCC1(S(=O)(=O)n2cc(C)c3c(C(=O)NCC4C(=O)N=C(C)C=C4OC)cc(N4CCN(CC)CC4)cc32)CC1. The lowest BCUT2D eigenvalue weighted by Gasteiger charge is -2.35. The molecule has 1 aromatic heterocycles. The minimum atomic E-state index is -3.75. The fourth-order valence-corrected chi connectivity index (χ4v) is 8.03. The first kappa shape index (κ1) is 29.1. The Morgan fingerprint density at radius 3 is 2.54 bits per heavy atom. The van der Waals surface area contributed by atoms with Gasteiger partial charge in [-0.15, -0.1) is 6.58 Å². The number of carbonyl (C=O) groups excluding carboxylic acids is 2. The van der Waals surface area contributed by atoms with Gasteiger partial charge in [-0.2, -0.15) is 0 Å². The van der Waals surface area contributed by atoms with Crippen LogP contribution in [0.2, 0.25) is 0 Å². The Balaban J connectivity index is 1.55. The van der Waals surface area contributed by atoms with Crippen LogP contribution in [0.3, 0.4) is 0 Å². The van der Waals surface area contributed by atoms with Gasteiger partial charge in [-0.3, -0.25) is 9.59 Å². The van der Waals surface area contributed by atoms with Gasteiger partial charge in [-0.05, 0) is 63.4 Å². The van der Waals surface area contributed by atoms with Crippen molar-refractivity contribution in [3.8, 4) is 0 Å². The average Bonchev–Trinajstić information content (AvgIpc) is 3.68. The Bertz CT molecular complexity index is 1560. The van der Waals surface area contributed by atoms with Gasteiger partial charge in [-0.1, -0.05) is 13.0 Å². The molecule has 5 rings (SSSR count). The van der Waals surface area contributed by atoms with Crippen molar-refractivity contribution in [3.05, 3.63) is 53.9 Å². The summed E-state index contributed by atoms with van der Waals surface area (Å²) in [6.07, 6.45) is 6.54. The summed E-state index contributed by atoms with van der Waals surface area (Å²) in [5.74, 6) is -1.04. The quantitative estimate of drug-likeness (QED) is 0.429. The van der Waals surface area contributed by atoms with Crippen molar-refractivity contribution in [1.82, 2.24) is 14.2 Å². The van der Waals surface area contributed by atoms with Gasteiger partial charge in [0.15, 0.2) is 0 Å². The van der Waals surface area contributed by atoms with Crippen molar-refractivity contribution in [2.45, 2.75) is 44.8 Å².